The van der Waals surface area contributed by atoms with Crippen LogP contribution >= 0.6 is 0 Å². The quantitative estimate of drug-likeness (QED) is 0.502. The lowest BCUT2D eigenvalue weighted by Gasteiger charge is -2.61. The minimum Gasteiger partial charge on any atom is -0.103 e. The van der Waals surface area contributed by atoms with E-state index in [9.17, 15) is 0 Å². The van der Waals surface area contributed by atoms with Gasteiger partial charge in [0, 0.05) is 0 Å². The second kappa shape index (κ2) is 5.50. The standard InChI is InChI=1S/C23H36/c1-5-16-11-13-23(4)18(15-16)7-9-19-20-10-8-17(6-2)22(20,3)14-12-21(19)23/h5-6,16-21H,1-2,7-15H2,3-4H3/t16-,17?,18?,19?,20?,21?,22?,23-/m0/s1. The lowest BCUT2D eigenvalue weighted by Crippen LogP contribution is -2.53. The van der Waals surface area contributed by atoms with Crippen molar-refractivity contribution in [1.29, 1.82) is 0 Å². The molecule has 0 saturated heterocycles. The van der Waals surface area contributed by atoms with Gasteiger partial charge in [-0.1, -0.05) is 26.0 Å². The van der Waals surface area contributed by atoms with E-state index in [-0.39, 0.29) is 0 Å². The molecule has 0 heterocycles. The van der Waals surface area contributed by atoms with Gasteiger partial charge in [0.05, 0.1) is 0 Å². The number of allylic oxidation sites excluding steroid dienone is 2. The van der Waals surface area contributed by atoms with Crippen LogP contribution in [-0.2, 0) is 0 Å². The summed E-state index contributed by atoms with van der Waals surface area (Å²) in [6.07, 6.45) is 17.7. The first-order valence-corrected chi connectivity index (χ1v) is 10.3. The van der Waals surface area contributed by atoms with E-state index in [0.29, 0.717) is 10.8 Å². The Kier molecular flexibility index (Phi) is 3.82. The molecule has 0 bridgehead atoms. The van der Waals surface area contributed by atoms with Crippen molar-refractivity contribution in [2.45, 2.75) is 71.6 Å². The summed E-state index contributed by atoms with van der Waals surface area (Å²) in [4.78, 5) is 0. The van der Waals surface area contributed by atoms with E-state index in [2.05, 4.69) is 39.2 Å². The molecule has 0 aromatic rings. The number of hydrogen-bond donors (Lipinski definition) is 0. The highest BCUT2D eigenvalue weighted by Gasteiger charge is 2.59. The molecule has 0 aliphatic heterocycles. The van der Waals surface area contributed by atoms with Gasteiger partial charge in [0.25, 0.3) is 0 Å². The molecule has 8 atom stereocenters. The van der Waals surface area contributed by atoms with Crippen LogP contribution in [0, 0.1) is 46.3 Å². The second-order valence-electron chi connectivity index (χ2n) is 9.89. The molecule has 0 aromatic carbocycles. The van der Waals surface area contributed by atoms with Crippen LogP contribution in [0.4, 0.5) is 0 Å². The summed E-state index contributed by atoms with van der Waals surface area (Å²) >= 11 is 0. The summed E-state index contributed by atoms with van der Waals surface area (Å²) in [6.45, 7) is 13.5. The monoisotopic (exact) mass is 312 g/mol. The minimum absolute atomic E-state index is 0.574. The summed E-state index contributed by atoms with van der Waals surface area (Å²) in [5, 5.41) is 0. The van der Waals surface area contributed by atoms with Crippen LogP contribution in [-0.4, -0.2) is 0 Å². The molecule has 0 spiro atoms. The van der Waals surface area contributed by atoms with Crippen molar-refractivity contribution >= 4 is 0 Å². The van der Waals surface area contributed by atoms with E-state index in [1.807, 2.05) is 0 Å². The maximum absolute atomic E-state index is 4.17. The third kappa shape index (κ3) is 2.16. The first-order valence-electron chi connectivity index (χ1n) is 10.3. The maximum atomic E-state index is 4.17. The van der Waals surface area contributed by atoms with Crippen LogP contribution < -0.4 is 0 Å². The summed E-state index contributed by atoms with van der Waals surface area (Å²) in [5.41, 5.74) is 1.21. The zero-order chi connectivity index (χ0) is 16.2. The van der Waals surface area contributed by atoms with Crippen molar-refractivity contribution in [3.05, 3.63) is 25.3 Å². The van der Waals surface area contributed by atoms with Gasteiger partial charge in [-0.15, -0.1) is 13.2 Å². The molecule has 0 N–H and O–H groups in total. The molecule has 128 valence electrons. The molecular weight excluding hydrogens is 276 g/mol. The van der Waals surface area contributed by atoms with Gasteiger partial charge in [0.1, 0.15) is 0 Å². The van der Waals surface area contributed by atoms with Crippen molar-refractivity contribution in [1.82, 2.24) is 0 Å². The van der Waals surface area contributed by atoms with E-state index in [1.165, 1.54) is 57.8 Å². The molecule has 4 aliphatic carbocycles. The molecule has 0 heteroatoms. The zero-order valence-electron chi connectivity index (χ0n) is 15.4. The van der Waals surface area contributed by atoms with Crippen LogP contribution in [0.15, 0.2) is 25.3 Å². The Morgan fingerprint density at radius 1 is 0.783 bits per heavy atom. The third-order valence-electron chi connectivity index (χ3n) is 9.40. The first kappa shape index (κ1) is 16.0. The van der Waals surface area contributed by atoms with E-state index in [0.717, 1.165) is 35.5 Å². The number of rotatable bonds is 2. The maximum Gasteiger partial charge on any atom is -0.0179 e. The molecule has 4 fully saturated rings. The van der Waals surface area contributed by atoms with Gasteiger partial charge in [0.2, 0.25) is 0 Å². The van der Waals surface area contributed by atoms with Crippen molar-refractivity contribution in [3.8, 4) is 0 Å². The molecule has 4 rings (SSSR count). The highest BCUT2D eigenvalue weighted by atomic mass is 14.6. The Morgan fingerprint density at radius 3 is 2.26 bits per heavy atom. The summed E-state index contributed by atoms with van der Waals surface area (Å²) in [6, 6.07) is 0. The molecule has 4 saturated carbocycles. The Hall–Kier alpha value is -0.520. The van der Waals surface area contributed by atoms with Crippen molar-refractivity contribution < 1.29 is 0 Å². The smallest absolute Gasteiger partial charge is 0.0179 e. The average Bonchev–Trinajstić information content (AvgIpc) is 2.90. The lowest BCUT2D eigenvalue weighted by molar-refractivity contribution is -0.112. The highest BCUT2D eigenvalue weighted by Crippen LogP contribution is 2.67. The van der Waals surface area contributed by atoms with E-state index in [4.69, 9.17) is 0 Å². The fraction of sp³-hybridized carbons (Fsp3) is 0.826. The predicted molar refractivity (Wildman–Crippen MR) is 99.1 cm³/mol. The van der Waals surface area contributed by atoms with Gasteiger partial charge in [-0.05, 0) is 104 Å². The molecule has 0 amide bonds. The van der Waals surface area contributed by atoms with Gasteiger partial charge >= 0.3 is 0 Å². The first-order chi connectivity index (χ1) is 11.0. The Bertz CT molecular complexity index is 490. The molecule has 0 aromatic heterocycles. The molecular formula is C23H36. The minimum atomic E-state index is 0.574. The normalized spacial score (nSPS) is 55.4. The van der Waals surface area contributed by atoms with Crippen LogP contribution in [0.5, 0.6) is 0 Å². The largest absolute Gasteiger partial charge is 0.103 e. The lowest BCUT2D eigenvalue weighted by atomic mass is 9.44. The van der Waals surface area contributed by atoms with Crippen LogP contribution in [0.3, 0.4) is 0 Å². The van der Waals surface area contributed by atoms with Gasteiger partial charge in [0.15, 0.2) is 0 Å². The average molecular weight is 313 g/mol. The Labute approximate surface area is 143 Å². The Balaban J connectivity index is 1.60. The summed E-state index contributed by atoms with van der Waals surface area (Å²) < 4.78 is 0. The van der Waals surface area contributed by atoms with E-state index < -0.39 is 0 Å². The van der Waals surface area contributed by atoms with Crippen molar-refractivity contribution in [2.24, 2.45) is 46.3 Å². The fourth-order valence-electron chi connectivity index (χ4n) is 7.93. The van der Waals surface area contributed by atoms with E-state index >= 15 is 0 Å². The summed E-state index contributed by atoms with van der Waals surface area (Å²) in [7, 11) is 0. The number of fused-ring (bicyclic) bond motifs is 5. The second-order valence-corrected chi connectivity index (χ2v) is 9.89. The highest BCUT2D eigenvalue weighted by molar-refractivity contribution is 5.11. The topological polar surface area (TPSA) is 0 Å². The van der Waals surface area contributed by atoms with Gasteiger partial charge in [-0.3, -0.25) is 0 Å². The third-order valence-corrected chi connectivity index (χ3v) is 9.40. The van der Waals surface area contributed by atoms with Gasteiger partial charge in [-0.25, -0.2) is 0 Å². The van der Waals surface area contributed by atoms with Crippen molar-refractivity contribution in [2.75, 3.05) is 0 Å². The molecule has 23 heavy (non-hydrogen) atoms. The zero-order valence-corrected chi connectivity index (χ0v) is 15.4. The van der Waals surface area contributed by atoms with Crippen LogP contribution in [0.1, 0.15) is 71.6 Å². The molecule has 0 radical (unpaired) electrons. The van der Waals surface area contributed by atoms with Gasteiger partial charge < -0.3 is 0 Å². The van der Waals surface area contributed by atoms with Crippen LogP contribution in [0.25, 0.3) is 0 Å². The number of hydrogen-bond acceptors (Lipinski definition) is 0. The predicted octanol–water partition coefficient (Wildman–Crippen LogP) is 6.63. The SMILES string of the molecule is C=CC1CCC2C3CCC4C[C@@H](C=C)CC[C@]4(C)C3CCC12C. The summed E-state index contributed by atoms with van der Waals surface area (Å²) in [5.74, 6) is 5.57. The molecule has 6 unspecified atom stereocenters. The van der Waals surface area contributed by atoms with Crippen LogP contribution in [0.2, 0.25) is 0 Å². The fourth-order valence-corrected chi connectivity index (χ4v) is 7.93. The van der Waals surface area contributed by atoms with Crippen molar-refractivity contribution in [3.63, 3.8) is 0 Å². The van der Waals surface area contributed by atoms with Gasteiger partial charge in [-0.2, -0.15) is 0 Å². The molecule has 4 aliphatic rings. The Morgan fingerprint density at radius 2 is 1.52 bits per heavy atom. The molecule has 0 nitrogen and oxygen atoms in total. The van der Waals surface area contributed by atoms with E-state index in [1.54, 1.807) is 0 Å².